The highest BCUT2D eigenvalue weighted by atomic mass is 16.5. The maximum absolute atomic E-state index is 6.71. The van der Waals surface area contributed by atoms with Gasteiger partial charge in [0.25, 0.3) is 0 Å². The zero-order valence-corrected chi connectivity index (χ0v) is 23.1. The van der Waals surface area contributed by atoms with Crippen LogP contribution >= 0.6 is 0 Å². The van der Waals surface area contributed by atoms with E-state index in [1.54, 1.807) is 0 Å². The Bertz CT molecular complexity index is 2120. The highest BCUT2D eigenvalue weighted by molar-refractivity contribution is 5.94. The number of para-hydroxylation sites is 3. The van der Waals surface area contributed by atoms with Crippen LogP contribution in [-0.2, 0) is 5.41 Å². The van der Waals surface area contributed by atoms with Crippen molar-refractivity contribution in [1.29, 1.82) is 0 Å². The van der Waals surface area contributed by atoms with Crippen molar-refractivity contribution in [3.8, 4) is 45.6 Å². The van der Waals surface area contributed by atoms with Gasteiger partial charge in [-0.3, -0.25) is 0 Å². The molecule has 9 rings (SSSR count). The first-order chi connectivity index (χ1) is 21.3. The number of nitrogens with zero attached hydrogens (tertiary/aromatic N) is 2. The quantitative estimate of drug-likeness (QED) is 0.219. The molecule has 0 aliphatic carbocycles. The molecule has 0 atom stereocenters. The minimum Gasteiger partial charge on any atom is -0.457 e. The van der Waals surface area contributed by atoms with Gasteiger partial charge in [-0.1, -0.05) is 115 Å². The highest BCUT2D eigenvalue weighted by Gasteiger charge is 2.51. The van der Waals surface area contributed by atoms with Gasteiger partial charge >= 0.3 is 0 Å². The number of benzene rings is 6. The van der Waals surface area contributed by atoms with Gasteiger partial charge in [0.05, 0.1) is 22.2 Å². The lowest BCUT2D eigenvalue weighted by molar-refractivity contribution is 0.385. The van der Waals surface area contributed by atoms with E-state index in [1.807, 2.05) is 60.7 Å². The maximum Gasteiger partial charge on any atom is 0.160 e. The predicted molar refractivity (Wildman–Crippen MR) is 169 cm³/mol. The van der Waals surface area contributed by atoms with E-state index in [0.29, 0.717) is 5.82 Å². The molecular weight excluding hydrogens is 528 g/mol. The number of rotatable bonds is 3. The fourth-order valence-electron chi connectivity index (χ4n) is 6.80. The van der Waals surface area contributed by atoms with Crippen molar-refractivity contribution in [1.82, 2.24) is 9.97 Å². The van der Waals surface area contributed by atoms with E-state index in [0.717, 1.165) is 73.0 Å². The van der Waals surface area contributed by atoms with Gasteiger partial charge in [-0.25, -0.2) is 9.97 Å². The highest BCUT2D eigenvalue weighted by Crippen LogP contribution is 2.63. The Kier molecular flexibility index (Phi) is 5.08. The van der Waals surface area contributed by atoms with Gasteiger partial charge < -0.3 is 9.47 Å². The summed E-state index contributed by atoms with van der Waals surface area (Å²) < 4.78 is 13.4. The van der Waals surface area contributed by atoms with Crippen molar-refractivity contribution in [3.63, 3.8) is 0 Å². The van der Waals surface area contributed by atoms with Gasteiger partial charge in [-0.15, -0.1) is 0 Å². The fraction of sp³-hybridized carbons (Fsp3) is 0.0256. The molecule has 2 aliphatic rings. The van der Waals surface area contributed by atoms with Gasteiger partial charge in [0, 0.05) is 27.6 Å². The minimum absolute atomic E-state index is 0.617. The van der Waals surface area contributed by atoms with Crippen LogP contribution in [0.1, 0.15) is 22.3 Å². The summed E-state index contributed by atoms with van der Waals surface area (Å²) in [5.74, 6) is 3.74. The zero-order valence-electron chi connectivity index (χ0n) is 23.1. The monoisotopic (exact) mass is 552 g/mol. The molecule has 0 saturated heterocycles. The Morgan fingerprint density at radius 1 is 0.465 bits per heavy atom. The van der Waals surface area contributed by atoms with E-state index in [9.17, 15) is 0 Å². The second-order valence-electron chi connectivity index (χ2n) is 10.9. The molecule has 1 aromatic heterocycles. The molecule has 0 fully saturated rings. The van der Waals surface area contributed by atoms with E-state index in [1.165, 1.54) is 0 Å². The van der Waals surface area contributed by atoms with Crippen LogP contribution in [0.3, 0.4) is 0 Å². The molecule has 6 aromatic carbocycles. The fourth-order valence-corrected chi connectivity index (χ4v) is 6.80. The largest absolute Gasteiger partial charge is 0.457 e. The summed E-state index contributed by atoms with van der Waals surface area (Å²) in [6.45, 7) is 0. The summed E-state index contributed by atoms with van der Waals surface area (Å²) in [7, 11) is 0. The van der Waals surface area contributed by atoms with Crippen LogP contribution in [0, 0.1) is 0 Å². The molecule has 3 heterocycles. The normalized spacial score (nSPS) is 13.7. The third-order valence-corrected chi connectivity index (χ3v) is 8.58. The second kappa shape index (κ2) is 9.13. The standard InChI is InChI=1S/C39H24N2O2/c1-3-13-25(14-4-1)37-28-17-7-10-20-31(28)40-38(41-37)26-23-34-36-35(24-26)43-33-22-12-9-19-30(33)39(36,27-15-5-2-6-16-27)29-18-8-11-21-32(29)42-34/h1-24H. The first-order valence-electron chi connectivity index (χ1n) is 14.4. The molecule has 2 aliphatic heterocycles. The van der Waals surface area contributed by atoms with Crippen molar-refractivity contribution in [2.75, 3.05) is 0 Å². The first-order valence-corrected chi connectivity index (χ1v) is 14.4. The molecule has 7 aromatic rings. The van der Waals surface area contributed by atoms with Gasteiger partial charge in [0.1, 0.15) is 23.0 Å². The molecule has 0 bridgehead atoms. The third kappa shape index (κ3) is 3.44. The Morgan fingerprint density at radius 3 is 1.70 bits per heavy atom. The van der Waals surface area contributed by atoms with Crippen LogP contribution < -0.4 is 9.47 Å². The summed E-state index contributed by atoms with van der Waals surface area (Å²) in [6.07, 6.45) is 0. The molecule has 0 spiro atoms. The number of hydrogen-bond donors (Lipinski definition) is 0. The second-order valence-corrected chi connectivity index (χ2v) is 10.9. The average Bonchev–Trinajstić information content (AvgIpc) is 3.08. The Labute approximate surface area is 248 Å². The average molecular weight is 553 g/mol. The summed E-state index contributed by atoms with van der Waals surface area (Å²) in [5, 5.41) is 1.01. The molecule has 4 heteroatoms. The third-order valence-electron chi connectivity index (χ3n) is 8.58. The van der Waals surface area contributed by atoms with E-state index < -0.39 is 5.41 Å². The van der Waals surface area contributed by atoms with E-state index in [4.69, 9.17) is 19.4 Å². The van der Waals surface area contributed by atoms with Crippen LogP contribution in [0.25, 0.3) is 33.5 Å². The van der Waals surface area contributed by atoms with Crippen LogP contribution in [0.2, 0.25) is 0 Å². The number of ether oxygens (including phenoxy) is 2. The van der Waals surface area contributed by atoms with Gasteiger partial charge in [-0.2, -0.15) is 0 Å². The molecule has 0 unspecified atom stereocenters. The van der Waals surface area contributed by atoms with Crippen LogP contribution in [0.15, 0.2) is 146 Å². The van der Waals surface area contributed by atoms with Crippen molar-refractivity contribution < 1.29 is 9.47 Å². The molecule has 4 nitrogen and oxygen atoms in total. The number of fused-ring (bicyclic) bond motifs is 5. The van der Waals surface area contributed by atoms with Crippen molar-refractivity contribution >= 4 is 10.9 Å². The lowest BCUT2D eigenvalue weighted by atomic mass is 9.62. The molecule has 0 saturated carbocycles. The molecule has 0 amide bonds. The summed E-state index contributed by atoms with van der Waals surface area (Å²) in [6, 6.07) is 49.9. The van der Waals surface area contributed by atoms with Gasteiger partial charge in [0.2, 0.25) is 0 Å². The van der Waals surface area contributed by atoms with E-state index in [-0.39, 0.29) is 0 Å². The van der Waals surface area contributed by atoms with Crippen LogP contribution in [0.5, 0.6) is 23.0 Å². The van der Waals surface area contributed by atoms with E-state index in [2.05, 4.69) is 84.9 Å². The SMILES string of the molecule is c1ccc(-c2nc(-c3cc4c5c(c3)Oc3ccccc3C5(c3ccccc3)c3ccccc3O4)nc3ccccc23)cc1. The van der Waals surface area contributed by atoms with Crippen molar-refractivity contribution in [2.45, 2.75) is 5.41 Å². The molecule has 43 heavy (non-hydrogen) atoms. The van der Waals surface area contributed by atoms with Crippen LogP contribution in [0.4, 0.5) is 0 Å². The van der Waals surface area contributed by atoms with Crippen molar-refractivity contribution in [3.05, 3.63) is 168 Å². The Balaban J connectivity index is 1.35. The number of aromatic nitrogens is 2. The van der Waals surface area contributed by atoms with Gasteiger partial charge in [-0.05, 0) is 35.9 Å². The maximum atomic E-state index is 6.71. The van der Waals surface area contributed by atoms with Gasteiger partial charge in [0.15, 0.2) is 5.82 Å². The first kappa shape index (κ1) is 23.9. The smallest absolute Gasteiger partial charge is 0.160 e. The summed E-state index contributed by atoms with van der Waals surface area (Å²) in [4.78, 5) is 10.2. The summed E-state index contributed by atoms with van der Waals surface area (Å²) in [5.41, 5.74) is 7.36. The molecule has 0 N–H and O–H groups in total. The summed E-state index contributed by atoms with van der Waals surface area (Å²) >= 11 is 0. The van der Waals surface area contributed by atoms with Crippen LogP contribution in [-0.4, -0.2) is 9.97 Å². The molecular formula is C39H24N2O2. The topological polar surface area (TPSA) is 44.2 Å². The van der Waals surface area contributed by atoms with Crippen molar-refractivity contribution in [2.24, 2.45) is 0 Å². The Hall–Kier alpha value is -5.74. The van der Waals surface area contributed by atoms with E-state index >= 15 is 0 Å². The lowest BCUT2D eigenvalue weighted by Crippen LogP contribution is -2.37. The zero-order chi connectivity index (χ0) is 28.4. The Morgan fingerprint density at radius 2 is 1.02 bits per heavy atom. The molecule has 202 valence electrons. The number of hydrogen-bond acceptors (Lipinski definition) is 4. The minimum atomic E-state index is -0.617. The lowest BCUT2D eigenvalue weighted by Gasteiger charge is -2.45. The predicted octanol–water partition coefficient (Wildman–Crippen LogP) is 9.56. The molecule has 0 radical (unpaired) electrons.